The largest absolute Gasteiger partial charge is 0.481 e. The quantitative estimate of drug-likeness (QED) is 0.417. The van der Waals surface area contributed by atoms with Gasteiger partial charge in [-0.05, 0) is 40.8 Å². The molecule has 5 nitrogen and oxygen atoms in total. The topological polar surface area (TPSA) is 86.6 Å². The molecule has 0 aromatic heterocycles. The number of benzene rings is 3. The molecule has 0 bridgehead atoms. The molecule has 2 unspecified atom stereocenters. The molecule has 0 saturated carbocycles. The van der Waals surface area contributed by atoms with Gasteiger partial charge in [0.15, 0.2) is 0 Å². The Kier molecular flexibility index (Phi) is 6.53. The molecule has 0 aliphatic carbocycles. The van der Waals surface area contributed by atoms with E-state index < -0.39 is 19.0 Å². The van der Waals surface area contributed by atoms with Crippen LogP contribution in [0.3, 0.4) is 0 Å². The lowest BCUT2D eigenvalue weighted by molar-refractivity contribution is -0.137. The average molecular weight is 411 g/mol. The molecule has 0 fully saturated rings. The summed E-state index contributed by atoms with van der Waals surface area (Å²) in [5.74, 6) is -0.929. The minimum atomic E-state index is -3.78. The molecule has 0 aliphatic rings. The van der Waals surface area contributed by atoms with Crippen LogP contribution in [0.1, 0.15) is 37.3 Å². The van der Waals surface area contributed by atoms with Gasteiger partial charge >= 0.3 is 5.97 Å². The summed E-state index contributed by atoms with van der Waals surface area (Å²) in [6, 6.07) is 22.9. The molecular weight excluding hydrogens is 385 g/mol. The second-order valence-electron chi connectivity index (χ2n) is 7.35. The second kappa shape index (κ2) is 8.91. The highest BCUT2D eigenvalue weighted by Gasteiger charge is 2.37. The van der Waals surface area contributed by atoms with Crippen molar-refractivity contribution in [1.82, 2.24) is 5.09 Å². The first kappa shape index (κ1) is 21.3. The van der Waals surface area contributed by atoms with Crippen LogP contribution in [0.2, 0.25) is 0 Å². The summed E-state index contributed by atoms with van der Waals surface area (Å²) in [6.07, 6.45) is 0.587. The summed E-state index contributed by atoms with van der Waals surface area (Å²) in [4.78, 5) is 22.1. The fraction of sp³-hybridized carbons (Fsp3) is 0.261. The van der Waals surface area contributed by atoms with Crippen LogP contribution in [0.25, 0.3) is 10.8 Å². The van der Waals surface area contributed by atoms with Crippen molar-refractivity contribution in [2.45, 2.75) is 37.9 Å². The second-order valence-corrected chi connectivity index (χ2v) is 9.29. The normalized spacial score (nSPS) is 15.5. The van der Waals surface area contributed by atoms with Crippen molar-refractivity contribution >= 4 is 24.3 Å². The van der Waals surface area contributed by atoms with E-state index in [0.29, 0.717) is 6.42 Å². The third-order valence-electron chi connectivity index (χ3n) is 5.30. The predicted molar refractivity (Wildman–Crippen MR) is 116 cm³/mol. The molecule has 0 aliphatic heterocycles. The molecule has 3 aromatic rings. The predicted octanol–water partition coefficient (Wildman–Crippen LogP) is 5.29. The van der Waals surface area contributed by atoms with Crippen LogP contribution < -0.4 is 5.09 Å². The highest BCUT2D eigenvalue weighted by molar-refractivity contribution is 7.55. The zero-order chi connectivity index (χ0) is 20.9. The van der Waals surface area contributed by atoms with Crippen molar-refractivity contribution in [3.05, 3.63) is 83.9 Å². The van der Waals surface area contributed by atoms with Crippen molar-refractivity contribution in [2.75, 3.05) is 0 Å². The number of carboxylic acid groups (broad SMARTS) is 1. The molecule has 0 radical (unpaired) electrons. The van der Waals surface area contributed by atoms with Crippen LogP contribution in [0.4, 0.5) is 0 Å². The van der Waals surface area contributed by atoms with E-state index in [1.165, 1.54) is 0 Å². The molecule has 6 heteroatoms. The van der Waals surface area contributed by atoms with Gasteiger partial charge in [-0.2, -0.15) is 0 Å². The molecule has 152 valence electrons. The number of carbonyl (C=O) groups is 1. The van der Waals surface area contributed by atoms with Gasteiger partial charge < -0.3 is 10.00 Å². The summed E-state index contributed by atoms with van der Waals surface area (Å²) >= 11 is 0. The highest BCUT2D eigenvalue weighted by Crippen LogP contribution is 2.47. The van der Waals surface area contributed by atoms with Gasteiger partial charge in [0.25, 0.3) is 7.52 Å². The smallest absolute Gasteiger partial charge is 0.303 e. The van der Waals surface area contributed by atoms with Crippen molar-refractivity contribution < 1.29 is 19.4 Å². The zero-order valence-electron chi connectivity index (χ0n) is 16.4. The van der Waals surface area contributed by atoms with Crippen LogP contribution in [0.5, 0.6) is 0 Å². The Balaban J connectivity index is 1.99. The third-order valence-corrected chi connectivity index (χ3v) is 6.87. The Bertz CT molecular complexity index is 1040. The van der Waals surface area contributed by atoms with Crippen LogP contribution in [-0.4, -0.2) is 16.0 Å². The molecule has 0 amide bonds. The SMILES string of the molecule is CCC(CCC(=O)O)(NP(=O)(O)Cc1ccccc1)c1ccc2ccccc2c1. The number of hydrogen-bond donors (Lipinski definition) is 3. The highest BCUT2D eigenvalue weighted by atomic mass is 31.2. The van der Waals surface area contributed by atoms with E-state index in [-0.39, 0.29) is 19.0 Å². The van der Waals surface area contributed by atoms with E-state index in [1.807, 2.05) is 79.7 Å². The number of aliphatic carboxylic acids is 1. The minimum Gasteiger partial charge on any atom is -0.481 e. The van der Waals surface area contributed by atoms with Crippen LogP contribution >= 0.6 is 7.52 Å². The van der Waals surface area contributed by atoms with E-state index in [4.69, 9.17) is 0 Å². The van der Waals surface area contributed by atoms with Crippen molar-refractivity contribution in [3.8, 4) is 0 Å². The van der Waals surface area contributed by atoms with E-state index in [2.05, 4.69) is 5.09 Å². The Labute approximate surface area is 170 Å². The van der Waals surface area contributed by atoms with Crippen molar-refractivity contribution in [2.24, 2.45) is 0 Å². The first-order valence-electron chi connectivity index (χ1n) is 9.70. The van der Waals surface area contributed by atoms with Crippen molar-refractivity contribution in [1.29, 1.82) is 0 Å². The molecule has 3 rings (SSSR count). The monoisotopic (exact) mass is 411 g/mol. The molecule has 0 saturated heterocycles. The first-order valence-corrected chi connectivity index (χ1v) is 11.5. The van der Waals surface area contributed by atoms with Gasteiger partial charge in [0.1, 0.15) is 0 Å². The van der Waals surface area contributed by atoms with Crippen LogP contribution in [0.15, 0.2) is 72.8 Å². The number of hydrogen-bond acceptors (Lipinski definition) is 2. The number of rotatable bonds is 9. The molecular formula is C23H26NO4P. The van der Waals surface area contributed by atoms with Gasteiger partial charge in [-0.25, -0.2) is 5.09 Å². The number of fused-ring (bicyclic) bond motifs is 1. The summed E-state index contributed by atoms with van der Waals surface area (Å²) in [5.41, 5.74) is 0.663. The van der Waals surface area contributed by atoms with Gasteiger partial charge in [-0.1, -0.05) is 73.7 Å². The van der Waals surface area contributed by atoms with Crippen molar-refractivity contribution in [3.63, 3.8) is 0 Å². The maximum atomic E-state index is 13.1. The van der Waals surface area contributed by atoms with Crippen LogP contribution in [0, 0.1) is 0 Å². The fourth-order valence-electron chi connectivity index (χ4n) is 3.74. The van der Waals surface area contributed by atoms with E-state index in [9.17, 15) is 19.4 Å². The average Bonchev–Trinajstić information content (AvgIpc) is 2.71. The number of nitrogens with one attached hydrogen (secondary N) is 1. The molecule has 0 spiro atoms. The van der Waals surface area contributed by atoms with Gasteiger partial charge in [0.2, 0.25) is 0 Å². The lowest BCUT2D eigenvalue weighted by Crippen LogP contribution is -2.40. The fourth-order valence-corrected chi connectivity index (χ4v) is 5.59. The van der Waals surface area contributed by atoms with Gasteiger partial charge in [-0.3, -0.25) is 9.36 Å². The standard InChI is InChI=1S/C23H26NO4P/c1-2-23(15-14-22(25)26,21-13-12-19-10-6-7-11-20(19)16-21)24-29(27,28)17-18-8-4-3-5-9-18/h3-13,16H,2,14-15,17H2,1H3,(H,25,26)(H2,24,27,28). The Hall–Kier alpha value is -2.46. The summed E-state index contributed by atoms with van der Waals surface area (Å²) in [6.45, 7) is 1.91. The third kappa shape index (κ3) is 5.33. The molecule has 29 heavy (non-hydrogen) atoms. The maximum Gasteiger partial charge on any atom is 0.303 e. The maximum absolute atomic E-state index is 13.1. The Morgan fingerprint density at radius 1 is 1.00 bits per heavy atom. The van der Waals surface area contributed by atoms with E-state index in [1.54, 1.807) is 0 Å². The lowest BCUT2D eigenvalue weighted by Gasteiger charge is -2.36. The molecule has 0 heterocycles. The van der Waals surface area contributed by atoms with E-state index in [0.717, 1.165) is 21.9 Å². The van der Waals surface area contributed by atoms with Gasteiger partial charge in [-0.15, -0.1) is 0 Å². The zero-order valence-corrected chi connectivity index (χ0v) is 17.3. The summed E-state index contributed by atoms with van der Waals surface area (Å²) < 4.78 is 13.1. The molecule has 2 atom stereocenters. The lowest BCUT2D eigenvalue weighted by atomic mass is 9.83. The summed E-state index contributed by atoms with van der Waals surface area (Å²) in [7, 11) is -3.78. The Morgan fingerprint density at radius 3 is 2.31 bits per heavy atom. The van der Waals surface area contributed by atoms with Gasteiger partial charge in [0.05, 0.1) is 11.7 Å². The summed E-state index contributed by atoms with van der Waals surface area (Å²) in [5, 5.41) is 14.3. The minimum absolute atomic E-state index is 0.0176. The first-order chi connectivity index (χ1) is 13.8. The molecule has 3 aromatic carbocycles. The molecule has 3 N–H and O–H groups in total. The Morgan fingerprint density at radius 2 is 1.66 bits per heavy atom. The number of carboxylic acids is 1. The van der Waals surface area contributed by atoms with E-state index >= 15 is 0 Å². The van der Waals surface area contributed by atoms with Crippen LogP contribution in [-0.2, 0) is 21.1 Å². The van der Waals surface area contributed by atoms with Gasteiger partial charge in [0, 0.05) is 6.42 Å².